The third-order valence-corrected chi connectivity index (χ3v) is 6.90. The second-order valence-electron chi connectivity index (χ2n) is 6.55. The van der Waals surface area contributed by atoms with Crippen LogP contribution in [0.4, 0.5) is 0 Å². The predicted octanol–water partition coefficient (Wildman–Crippen LogP) is 2.74. The van der Waals surface area contributed by atoms with Crippen LogP contribution in [-0.4, -0.2) is 26.3 Å². The van der Waals surface area contributed by atoms with Crippen molar-refractivity contribution >= 4 is 10.8 Å². The van der Waals surface area contributed by atoms with E-state index in [2.05, 4.69) is 12.2 Å². The third kappa shape index (κ3) is 2.68. The Bertz CT molecular complexity index is 598. The van der Waals surface area contributed by atoms with E-state index in [1.54, 1.807) is 0 Å². The van der Waals surface area contributed by atoms with E-state index < -0.39 is 16.4 Å². The Labute approximate surface area is 134 Å². The fourth-order valence-corrected chi connectivity index (χ4v) is 5.83. The van der Waals surface area contributed by atoms with Crippen LogP contribution in [0.1, 0.15) is 38.2 Å². The van der Waals surface area contributed by atoms with E-state index in [1.165, 1.54) is 0 Å². The Morgan fingerprint density at radius 3 is 2.64 bits per heavy atom. The van der Waals surface area contributed by atoms with Gasteiger partial charge in [0.05, 0.1) is 17.4 Å². The largest absolute Gasteiger partial charge is 0.393 e. The number of hydrogen-bond acceptors (Lipinski definition) is 3. The Hall–Kier alpha value is -0.970. The van der Waals surface area contributed by atoms with E-state index in [9.17, 15) is 14.4 Å². The lowest BCUT2D eigenvalue weighted by Crippen LogP contribution is -2.32. The van der Waals surface area contributed by atoms with Crippen molar-refractivity contribution in [3.8, 4) is 0 Å². The molecular weight excluding hydrogens is 296 g/mol. The number of aliphatic hydroxyl groups is 2. The monoisotopic (exact) mass is 320 g/mol. The molecule has 2 aliphatic carbocycles. The first-order valence-electron chi connectivity index (χ1n) is 8.10. The zero-order valence-corrected chi connectivity index (χ0v) is 13.8. The summed E-state index contributed by atoms with van der Waals surface area (Å²) in [5, 5.41) is 20.6. The van der Waals surface area contributed by atoms with Crippen LogP contribution in [0, 0.1) is 11.8 Å². The fraction of sp³-hybridized carbons (Fsp3) is 0.556. The van der Waals surface area contributed by atoms with Crippen LogP contribution < -0.4 is 0 Å². The molecule has 1 saturated carbocycles. The molecule has 5 atom stereocenters. The van der Waals surface area contributed by atoms with Gasteiger partial charge in [0.15, 0.2) is 0 Å². The lowest BCUT2D eigenvalue weighted by Gasteiger charge is -2.29. The molecule has 2 aliphatic rings. The average Bonchev–Trinajstić information content (AvgIpc) is 3.17. The summed E-state index contributed by atoms with van der Waals surface area (Å²) < 4.78 is 13.1. The van der Waals surface area contributed by atoms with Crippen LogP contribution in [0.25, 0.3) is 0 Å². The molecule has 0 saturated heterocycles. The third-order valence-electron chi connectivity index (χ3n) is 5.02. The van der Waals surface area contributed by atoms with E-state index >= 15 is 0 Å². The molecule has 1 aromatic carbocycles. The van der Waals surface area contributed by atoms with Crippen molar-refractivity contribution < 1.29 is 14.4 Å². The van der Waals surface area contributed by atoms with E-state index in [0.717, 1.165) is 19.3 Å². The molecule has 1 aromatic rings. The summed E-state index contributed by atoms with van der Waals surface area (Å²) in [6.45, 7) is 1.63. The maximum absolute atomic E-state index is 13.1. The molecule has 2 bridgehead atoms. The molecule has 2 unspecified atom stereocenters. The van der Waals surface area contributed by atoms with Gasteiger partial charge in [-0.1, -0.05) is 43.7 Å². The Balaban J connectivity index is 1.94. The van der Waals surface area contributed by atoms with Gasteiger partial charge in [-0.25, -0.2) is 0 Å². The molecule has 120 valence electrons. The minimum Gasteiger partial charge on any atom is -0.393 e. The predicted molar refractivity (Wildman–Crippen MR) is 87.9 cm³/mol. The van der Waals surface area contributed by atoms with E-state index in [0.29, 0.717) is 28.7 Å². The summed E-state index contributed by atoms with van der Waals surface area (Å²) in [5.41, 5.74) is -0.668. The van der Waals surface area contributed by atoms with Crippen LogP contribution in [0.5, 0.6) is 0 Å². The van der Waals surface area contributed by atoms with Gasteiger partial charge in [-0.3, -0.25) is 4.21 Å². The number of allylic oxidation sites excluding steroid dienone is 2. The van der Waals surface area contributed by atoms with Crippen LogP contribution in [-0.2, 0) is 16.4 Å². The summed E-state index contributed by atoms with van der Waals surface area (Å²) in [7, 11) is -1.14. The highest BCUT2D eigenvalue weighted by atomic mass is 32.2. The molecule has 0 amide bonds. The van der Waals surface area contributed by atoms with Gasteiger partial charge < -0.3 is 10.2 Å². The van der Waals surface area contributed by atoms with Gasteiger partial charge in [-0.05, 0) is 37.2 Å². The Kier molecular flexibility index (Phi) is 4.53. The SMILES string of the molecule is CCCC(O)(CO)c1ccccc1S(=O)[C@H]1C[C@H]2C=C[C@@H]1C2. The minimum absolute atomic E-state index is 0.140. The first-order valence-corrected chi connectivity index (χ1v) is 9.32. The molecule has 22 heavy (non-hydrogen) atoms. The van der Waals surface area contributed by atoms with Crippen molar-refractivity contribution in [2.24, 2.45) is 11.8 Å². The molecule has 4 heteroatoms. The van der Waals surface area contributed by atoms with Crippen molar-refractivity contribution in [1.82, 2.24) is 0 Å². The summed E-state index contributed by atoms with van der Waals surface area (Å²) in [6, 6.07) is 7.36. The normalized spacial score (nSPS) is 30.4. The Morgan fingerprint density at radius 1 is 1.27 bits per heavy atom. The maximum atomic E-state index is 13.1. The van der Waals surface area contributed by atoms with Gasteiger partial charge in [-0.2, -0.15) is 0 Å². The fourth-order valence-electron chi connectivity index (χ4n) is 3.88. The maximum Gasteiger partial charge on any atom is 0.114 e. The van der Waals surface area contributed by atoms with Crippen molar-refractivity contribution in [2.45, 2.75) is 48.4 Å². The second-order valence-corrected chi connectivity index (χ2v) is 8.19. The van der Waals surface area contributed by atoms with Gasteiger partial charge >= 0.3 is 0 Å². The standard InChI is InChI=1S/C18H24O3S/c1-2-9-18(20,12-19)15-5-3-4-6-16(15)22(21)17-11-13-7-8-14(17)10-13/h3-8,13-14,17,19-20H,2,9-12H2,1H3/t13-,14+,17-,18?,22?/m0/s1. The molecule has 1 fully saturated rings. The second kappa shape index (κ2) is 6.26. The molecule has 0 heterocycles. The van der Waals surface area contributed by atoms with Gasteiger partial charge in [0.1, 0.15) is 5.60 Å². The Morgan fingerprint density at radius 2 is 2.05 bits per heavy atom. The minimum atomic E-state index is -1.30. The van der Waals surface area contributed by atoms with Crippen LogP contribution in [0.3, 0.4) is 0 Å². The molecule has 0 aromatic heterocycles. The summed E-state index contributed by atoms with van der Waals surface area (Å²) in [5.74, 6) is 0.964. The summed E-state index contributed by atoms with van der Waals surface area (Å²) in [4.78, 5) is 0.693. The van der Waals surface area contributed by atoms with Crippen molar-refractivity contribution in [2.75, 3.05) is 6.61 Å². The molecule has 0 aliphatic heterocycles. The quantitative estimate of drug-likeness (QED) is 0.793. The molecule has 3 nitrogen and oxygen atoms in total. The molecule has 3 rings (SSSR count). The van der Waals surface area contributed by atoms with Gasteiger partial charge in [-0.15, -0.1) is 0 Å². The van der Waals surface area contributed by atoms with Crippen LogP contribution in [0.2, 0.25) is 0 Å². The molecule has 0 radical (unpaired) electrons. The molecular formula is C18H24O3S. The van der Waals surface area contributed by atoms with Crippen molar-refractivity contribution in [3.05, 3.63) is 42.0 Å². The molecule has 2 N–H and O–H groups in total. The average molecular weight is 320 g/mol. The first-order chi connectivity index (χ1) is 10.6. The van der Waals surface area contributed by atoms with Crippen LogP contribution >= 0.6 is 0 Å². The van der Waals surface area contributed by atoms with Gasteiger partial charge in [0, 0.05) is 15.7 Å². The number of benzene rings is 1. The highest BCUT2D eigenvalue weighted by molar-refractivity contribution is 7.85. The lowest BCUT2D eigenvalue weighted by molar-refractivity contribution is -0.0288. The molecule has 0 spiro atoms. The number of rotatable bonds is 6. The number of hydrogen-bond donors (Lipinski definition) is 2. The number of fused-ring (bicyclic) bond motifs is 2. The first kappa shape index (κ1) is 15.9. The van der Waals surface area contributed by atoms with Crippen LogP contribution in [0.15, 0.2) is 41.3 Å². The summed E-state index contributed by atoms with van der Waals surface area (Å²) in [6.07, 6.45) is 7.74. The van der Waals surface area contributed by atoms with E-state index in [-0.39, 0.29) is 11.9 Å². The zero-order chi connectivity index (χ0) is 15.7. The topological polar surface area (TPSA) is 57.5 Å². The highest BCUT2D eigenvalue weighted by Gasteiger charge is 2.41. The smallest absolute Gasteiger partial charge is 0.114 e. The number of aliphatic hydroxyl groups excluding tert-OH is 1. The summed E-state index contributed by atoms with van der Waals surface area (Å²) >= 11 is 0. The van der Waals surface area contributed by atoms with Gasteiger partial charge in [0.2, 0.25) is 0 Å². The zero-order valence-electron chi connectivity index (χ0n) is 12.9. The van der Waals surface area contributed by atoms with Crippen molar-refractivity contribution in [3.63, 3.8) is 0 Å². The highest BCUT2D eigenvalue weighted by Crippen LogP contribution is 2.44. The van der Waals surface area contributed by atoms with Crippen molar-refractivity contribution in [1.29, 1.82) is 0 Å². The van der Waals surface area contributed by atoms with E-state index in [1.807, 2.05) is 31.2 Å². The lowest BCUT2D eigenvalue weighted by atomic mass is 9.90. The van der Waals surface area contributed by atoms with E-state index in [4.69, 9.17) is 0 Å². The van der Waals surface area contributed by atoms with Gasteiger partial charge in [0.25, 0.3) is 0 Å².